The molecular formula is C15H14Br2N2O2. The van der Waals surface area contributed by atoms with Gasteiger partial charge in [-0.25, -0.2) is 0 Å². The van der Waals surface area contributed by atoms with Gasteiger partial charge in [0, 0.05) is 16.0 Å². The number of rotatable bonds is 3. The summed E-state index contributed by atoms with van der Waals surface area (Å²) in [6, 6.07) is 10.7. The molecule has 2 N–H and O–H groups in total. The smallest absolute Gasteiger partial charge is 0.259 e. The van der Waals surface area contributed by atoms with Gasteiger partial charge in [-0.1, -0.05) is 15.9 Å². The van der Waals surface area contributed by atoms with Crippen molar-refractivity contribution in [2.45, 2.75) is 0 Å². The summed E-state index contributed by atoms with van der Waals surface area (Å²) < 4.78 is 6.73. The normalized spacial score (nSPS) is 10.3. The highest BCUT2D eigenvalue weighted by Crippen LogP contribution is 2.29. The Morgan fingerprint density at radius 2 is 1.90 bits per heavy atom. The second kappa shape index (κ2) is 6.49. The van der Waals surface area contributed by atoms with Gasteiger partial charge >= 0.3 is 0 Å². The van der Waals surface area contributed by atoms with Gasteiger partial charge in [-0.15, -0.1) is 0 Å². The second-order valence-electron chi connectivity index (χ2n) is 4.41. The zero-order valence-electron chi connectivity index (χ0n) is 11.6. The van der Waals surface area contributed by atoms with Gasteiger partial charge in [0.15, 0.2) is 0 Å². The van der Waals surface area contributed by atoms with Crippen LogP contribution in [0.1, 0.15) is 10.4 Å². The van der Waals surface area contributed by atoms with Crippen molar-refractivity contribution in [3.05, 3.63) is 50.9 Å². The predicted octanol–water partition coefficient (Wildman–Crippen LogP) is 4.08. The quantitative estimate of drug-likeness (QED) is 0.771. The van der Waals surface area contributed by atoms with Gasteiger partial charge in [-0.05, 0) is 52.3 Å². The minimum atomic E-state index is -0.171. The molecule has 0 aromatic heterocycles. The van der Waals surface area contributed by atoms with E-state index in [0.29, 0.717) is 27.2 Å². The number of anilines is 2. The zero-order chi connectivity index (χ0) is 15.6. The van der Waals surface area contributed by atoms with E-state index in [-0.39, 0.29) is 5.91 Å². The van der Waals surface area contributed by atoms with Crippen molar-refractivity contribution in [3.8, 4) is 5.75 Å². The fourth-order valence-electron chi connectivity index (χ4n) is 1.92. The molecule has 0 unspecified atom stereocenters. The molecule has 4 nitrogen and oxygen atoms in total. The van der Waals surface area contributed by atoms with Gasteiger partial charge in [0.1, 0.15) is 5.75 Å². The number of nitrogens with zero attached hydrogens (tertiary/aromatic N) is 1. The Morgan fingerprint density at radius 3 is 2.52 bits per heavy atom. The number of nitrogens with two attached hydrogens (primary N) is 1. The Labute approximate surface area is 140 Å². The number of amides is 1. The van der Waals surface area contributed by atoms with Crippen molar-refractivity contribution < 1.29 is 9.53 Å². The van der Waals surface area contributed by atoms with E-state index in [9.17, 15) is 4.79 Å². The third-order valence-corrected chi connectivity index (χ3v) is 4.24. The first-order valence-electron chi connectivity index (χ1n) is 6.10. The van der Waals surface area contributed by atoms with Crippen LogP contribution in [-0.4, -0.2) is 20.1 Å². The van der Waals surface area contributed by atoms with E-state index in [1.807, 2.05) is 6.07 Å². The van der Waals surface area contributed by atoms with Crippen molar-refractivity contribution in [1.82, 2.24) is 0 Å². The maximum Gasteiger partial charge on any atom is 0.259 e. The van der Waals surface area contributed by atoms with Gasteiger partial charge in [-0.3, -0.25) is 4.79 Å². The third kappa shape index (κ3) is 3.39. The van der Waals surface area contributed by atoms with Crippen LogP contribution in [0.2, 0.25) is 0 Å². The lowest BCUT2D eigenvalue weighted by atomic mass is 10.1. The lowest BCUT2D eigenvalue weighted by Crippen LogP contribution is -2.27. The maximum atomic E-state index is 12.6. The van der Waals surface area contributed by atoms with Crippen molar-refractivity contribution >= 4 is 49.1 Å². The standard InChI is InChI=1S/C15H14Br2N2O2/c1-19(14-6-3-9(16)7-13(14)18)15(20)11-8-10(21-2)4-5-12(11)17/h3-8H,18H2,1-2H3. The second-order valence-corrected chi connectivity index (χ2v) is 6.18. The number of halogens is 2. The van der Waals surface area contributed by atoms with Crippen LogP contribution in [0.5, 0.6) is 5.75 Å². The Bertz CT molecular complexity index is 689. The molecule has 6 heteroatoms. The maximum absolute atomic E-state index is 12.6. The van der Waals surface area contributed by atoms with Crippen LogP contribution in [-0.2, 0) is 0 Å². The summed E-state index contributed by atoms with van der Waals surface area (Å²) in [6.45, 7) is 0. The van der Waals surface area contributed by atoms with E-state index >= 15 is 0 Å². The van der Waals surface area contributed by atoms with Crippen LogP contribution >= 0.6 is 31.9 Å². The molecule has 0 saturated carbocycles. The molecule has 0 spiro atoms. The van der Waals surface area contributed by atoms with Crippen LogP contribution < -0.4 is 15.4 Å². The van der Waals surface area contributed by atoms with Crippen molar-refractivity contribution in [1.29, 1.82) is 0 Å². The molecule has 0 aliphatic heterocycles. The van der Waals surface area contributed by atoms with Crippen LogP contribution in [0.25, 0.3) is 0 Å². The lowest BCUT2D eigenvalue weighted by Gasteiger charge is -2.20. The minimum absolute atomic E-state index is 0.171. The molecule has 0 radical (unpaired) electrons. The van der Waals surface area contributed by atoms with E-state index < -0.39 is 0 Å². The SMILES string of the molecule is COc1ccc(Br)c(C(=O)N(C)c2ccc(Br)cc2N)c1. The fourth-order valence-corrected chi connectivity index (χ4v) is 2.71. The number of ether oxygens (including phenoxy) is 1. The average Bonchev–Trinajstić information content (AvgIpc) is 2.46. The zero-order valence-corrected chi connectivity index (χ0v) is 14.7. The van der Waals surface area contributed by atoms with Crippen LogP contribution in [0.4, 0.5) is 11.4 Å². The molecule has 0 saturated heterocycles. The molecule has 0 heterocycles. The molecule has 2 aromatic carbocycles. The third-order valence-electron chi connectivity index (χ3n) is 3.06. The molecule has 0 fully saturated rings. The summed E-state index contributed by atoms with van der Waals surface area (Å²) >= 11 is 6.74. The molecule has 0 atom stereocenters. The first-order chi connectivity index (χ1) is 9.93. The monoisotopic (exact) mass is 412 g/mol. The van der Waals surface area contributed by atoms with E-state index in [4.69, 9.17) is 10.5 Å². The Morgan fingerprint density at radius 1 is 1.19 bits per heavy atom. The van der Waals surface area contributed by atoms with E-state index in [1.165, 1.54) is 4.90 Å². The molecule has 21 heavy (non-hydrogen) atoms. The minimum Gasteiger partial charge on any atom is -0.497 e. The number of hydrogen-bond acceptors (Lipinski definition) is 3. The van der Waals surface area contributed by atoms with Crippen LogP contribution in [0.15, 0.2) is 45.3 Å². The predicted molar refractivity (Wildman–Crippen MR) is 92.0 cm³/mol. The molecular weight excluding hydrogens is 400 g/mol. The summed E-state index contributed by atoms with van der Waals surface area (Å²) in [5, 5.41) is 0. The highest BCUT2D eigenvalue weighted by Gasteiger charge is 2.19. The van der Waals surface area contributed by atoms with Gasteiger partial charge in [0.25, 0.3) is 5.91 Å². The number of hydrogen-bond donors (Lipinski definition) is 1. The van der Waals surface area contributed by atoms with Crippen molar-refractivity contribution in [3.63, 3.8) is 0 Å². The average molecular weight is 414 g/mol. The van der Waals surface area contributed by atoms with Gasteiger partial charge < -0.3 is 15.4 Å². The van der Waals surface area contributed by atoms with E-state index in [2.05, 4.69) is 31.9 Å². The first kappa shape index (κ1) is 15.9. The van der Waals surface area contributed by atoms with Gasteiger partial charge in [-0.2, -0.15) is 0 Å². The molecule has 2 aromatic rings. The fraction of sp³-hybridized carbons (Fsp3) is 0.133. The Hall–Kier alpha value is -1.53. The summed E-state index contributed by atoms with van der Waals surface area (Å²) in [5.41, 5.74) is 7.66. The largest absolute Gasteiger partial charge is 0.497 e. The summed E-state index contributed by atoms with van der Waals surface area (Å²) in [4.78, 5) is 14.2. The van der Waals surface area contributed by atoms with E-state index in [0.717, 1.165) is 4.47 Å². The van der Waals surface area contributed by atoms with Crippen molar-refractivity contribution in [2.75, 3.05) is 24.8 Å². The number of carbonyl (C=O) groups excluding carboxylic acids is 1. The number of benzene rings is 2. The molecule has 1 amide bonds. The Kier molecular flexibility index (Phi) is 4.90. The first-order valence-corrected chi connectivity index (χ1v) is 7.69. The van der Waals surface area contributed by atoms with Gasteiger partial charge in [0.2, 0.25) is 0 Å². The molecule has 2 rings (SSSR count). The Balaban J connectivity index is 2.39. The molecule has 0 aliphatic rings. The lowest BCUT2D eigenvalue weighted by molar-refractivity contribution is 0.0992. The molecule has 0 bridgehead atoms. The summed E-state index contributed by atoms with van der Waals surface area (Å²) in [7, 11) is 3.25. The summed E-state index contributed by atoms with van der Waals surface area (Å²) in [5.74, 6) is 0.452. The van der Waals surface area contributed by atoms with E-state index in [1.54, 1.807) is 44.5 Å². The number of carbonyl (C=O) groups is 1. The topological polar surface area (TPSA) is 55.6 Å². The van der Waals surface area contributed by atoms with Crippen molar-refractivity contribution in [2.24, 2.45) is 0 Å². The highest BCUT2D eigenvalue weighted by molar-refractivity contribution is 9.10. The molecule has 110 valence electrons. The number of nitrogen functional groups attached to an aromatic ring is 1. The molecule has 0 aliphatic carbocycles. The highest BCUT2D eigenvalue weighted by atomic mass is 79.9. The van der Waals surface area contributed by atoms with Crippen LogP contribution in [0.3, 0.4) is 0 Å². The summed E-state index contributed by atoms with van der Waals surface area (Å²) in [6.07, 6.45) is 0. The van der Waals surface area contributed by atoms with Crippen LogP contribution in [0, 0.1) is 0 Å². The number of methoxy groups -OCH3 is 1. The van der Waals surface area contributed by atoms with Gasteiger partial charge in [0.05, 0.1) is 24.0 Å².